The van der Waals surface area contributed by atoms with Crippen molar-refractivity contribution in [1.82, 2.24) is 0 Å². The van der Waals surface area contributed by atoms with E-state index in [2.05, 4.69) is 66.6 Å². The van der Waals surface area contributed by atoms with Crippen molar-refractivity contribution in [3.05, 3.63) is 65.2 Å². The quantitative estimate of drug-likeness (QED) is 0.715. The fraction of sp³-hybridized carbons (Fsp3) is 0.176. The Bertz CT molecular complexity index is 569. The summed E-state index contributed by atoms with van der Waals surface area (Å²) < 4.78 is 0. The maximum absolute atomic E-state index is 2.33. The summed E-state index contributed by atoms with van der Waals surface area (Å²) in [5.74, 6) is 0. The summed E-state index contributed by atoms with van der Waals surface area (Å²) in [6, 6.07) is 17.0. The van der Waals surface area contributed by atoms with Crippen LogP contribution in [0, 0.1) is 0 Å². The molecule has 0 radical (unpaired) electrons. The monoisotopic (exact) mass is 235 g/mol. The second kappa shape index (κ2) is 4.69. The fourth-order valence-corrected chi connectivity index (χ4v) is 2.53. The van der Waals surface area contributed by atoms with Crippen molar-refractivity contribution >= 4 is 17.8 Å². The van der Waals surface area contributed by atoms with Crippen LogP contribution in [0.15, 0.2) is 48.5 Å². The molecule has 1 heterocycles. The Balaban J connectivity index is 1.93. The van der Waals surface area contributed by atoms with Gasteiger partial charge in [0.1, 0.15) is 0 Å². The van der Waals surface area contributed by atoms with Crippen molar-refractivity contribution < 1.29 is 0 Å². The first-order valence-corrected chi connectivity index (χ1v) is 6.41. The van der Waals surface area contributed by atoms with Gasteiger partial charge in [-0.1, -0.05) is 54.6 Å². The molecule has 90 valence electrons. The Kier molecular flexibility index (Phi) is 2.89. The van der Waals surface area contributed by atoms with Crippen LogP contribution < -0.4 is 4.90 Å². The van der Waals surface area contributed by atoms with E-state index in [4.69, 9.17) is 0 Å². The zero-order valence-corrected chi connectivity index (χ0v) is 10.6. The highest BCUT2D eigenvalue weighted by molar-refractivity contribution is 5.75. The van der Waals surface area contributed by atoms with Gasteiger partial charge in [0, 0.05) is 19.3 Å². The van der Waals surface area contributed by atoms with E-state index < -0.39 is 0 Å². The lowest BCUT2D eigenvalue weighted by Crippen LogP contribution is -2.12. The van der Waals surface area contributed by atoms with E-state index in [1.54, 1.807) is 0 Å². The zero-order chi connectivity index (χ0) is 12.4. The SMILES string of the molecule is CN1CCc2c(/C=C/c3ccccc3)cccc21. The van der Waals surface area contributed by atoms with Crippen LogP contribution in [0.25, 0.3) is 12.2 Å². The molecule has 2 aromatic carbocycles. The van der Waals surface area contributed by atoms with E-state index in [-0.39, 0.29) is 0 Å². The lowest BCUT2D eigenvalue weighted by atomic mass is 10.0. The van der Waals surface area contributed by atoms with Gasteiger partial charge in [-0.2, -0.15) is 0 Å². The van der Waals surface area contributed by atoms with Gasteiger partial charge in [0.2, 0.25) is 0 Å². The lowest BCUT2D eigenvalue weighted by molar-refractivity contribution is 0.955. The van der Waals surface area contributed by atoms with E-state index in [9.17, 15) is 0 Å². The fourth-order valence-electron chi connectivity index (χ4n) is 2.53. The first kappa shape index (κ1) is 11.1. The first-order valence-electron chi connectivity index (χ1n) is 6.41. The van der Waals surface area contributed by atoms with Gasteiger partial charge in [-0.25, -0.2) is 0 Å². The van der Waals surface area contributed by atoms with E-state index in [0.29, 0.717) is 0 Å². The number of benzene rings is 2. The standard InChI is InChI=1S/C17H17N/c1-18-13-12-16-15(8-5-9-17(16)18)11-10-14-6-3-2-4-7-14/h2-11H,12-13H2,1H3/b11-10+. The molecule has 3 rings (SSSR count). The number of likely N-dealkylation sites (N-methyl/N-ethyl adjacent to an activating group) is 1. The van der Waals surface area contributed by atoms with Crippen LogP contribution in [0.4, 0.5) is 5.69 Å². The molecule has 0 fully saturated rings. The number of nitrogens with zero attached hydrogens (tertiary/aromatic N) is 1. The van der Waals surface area contributed by atoms with Crippen LogP contribution in [0.1, 0.15) is 16.7 Å². The Labute approximate surface area is 108 Å². The Morgan fingerprint density at radius 2 is 1.78 bits per heavy atom. The third-order valence-electron chi connectivity index (χ3n) is 3.55. The average Bonchev–Trinajstić information content (AvgIpc) is 2.80. The molecule has 0 N–H and O–H groups in total. The van der Waals surface area contributed by atoms with Crippen LogP contribution in [-0.4, -0.2) is 13.6 Å². The molecule has 0 atom stereocenters. The summed E-state index contributed by atoms with van der Waals surface area (Å²) in [6.45, 7) is 1.13. The van der Waals surface area contributed by atoms with Crippen LogP contribution in [-0.2, 0) is 6.42 Å². The first-order chi connectivity index (χ1) is 8.84. The van der Waals surface area contributed by atoms with Gasteiger partial charge < -0.3 is 4.90 Å². The van der Waals surface area contributed by atoms with Gasteiger partial charge in [0.25, 0.3) is 0 Å². The highest BCUT2D eigenvalue weighted by Gasteiger charge is 2.16. The molecule has 1 aliphatic heterocycles. The van der Waals surface area contributed by atoms with Crippen molar-refractivity contribution in [2.45, 2.75) is 6.42 Å². The maximum atomic E-state index is 2.33. The van der Waals surface area contributed by atoms with Crippen LogP contribution >= 0.6 is 0 Å². The van der Waals surface area contributed by atoms with E-state index in [1.165, 1.54) is 22.4 Å². The molecular weight excluding hydrogens is 218 g/mol. The van der Waals surface area contributed by atoms with Gasteiger partial charge in [0.15, 0.2) is 0 Å². The highest BCUT2D eigenvalue weighted by atomic mass is 15.1. The number of hydrogen-bond acceptors (Lipinski definition) is 1. The molecule has 0 bridgehead atoms. The topological polar surface area (TPSA) is 3.24 Å². The van der Waals surface area contributed by atoms with Gasteiger partial charge in [-0.15, -0.1) is 0 Å². The Hall–Kier alpha value is -2.02. The second-order valence-corrected chi connectivity index (χ2v) is 4.76. The number of hydrogen-bond donors (Lipinski definition) is 0. The highest BCUT2D eigenvalue weighted by Crippen LogP contribution is 2.30. The largest absolute Gasteiger partial charge is 0.374 e. The number of rotatable bonds is 2. The van der Waals surface area contributed by atoms with Gasteiger partial charge in [-0.3, -0.25) is 0 Å². The third-order valence-corrected chi connectivity index (χ3v) is 3.55. The minimum atomic E-state index is 1.13. The lowest BCUT2D eigenvalue weighted by Gasteiger charge is -2.11. The molecule has 0 spiro atoms. The molecule has 18 heavy (non-hydrogen) atoms. The second-order valence-electron chi connectivity index (χ2n) is 4.76. The number of fused-ring (bicyclic) bond motifs is 1. The van der Waals surface area contributed by atoms with Gasteiger partial charge in [-0.05, 0) is 29.2 Å². The van der Waals surface area contributed by atoms with Gasteiger partial charge in [0.05, 0.1) is 0 Å². The summed E-state index contributed by atoms with van der Waals surface area (Å²) in [5, 5.41) is 0. The molecule has 1 nitrogen and oxygen atoms in total. The number of anilines is 1. The summed E-state index contributed by atoms with van der Waals surface area (Å²) in [6.07, 6.45) is 5.57. The zero-order valence-electron chi connectivity index (χ0n) is 10.6. The van der Waals surface area contributed by atoms with Crippen LogP contribution in [0.5, 0.6) is 0 Å². The van der Waals surface area contributed by atoms with E-state index in [0.717, 1.165) is 13.0 Å². The van der Waals surface area contributed by atoms with E-state index >= 15 is 0 Å². The normalized spacial score (nSPS) is 14.2. The third kappa shape index (κ3) is 2.04. The summed E-state index contributed by atoms with van der Waals surface area (Å²) >= 11 is 0. The molecule has 1 heteroatoms. The Morgan fingerprint density at radius 1 is 0.944 bits per heavy atom. The molecule has 0 aromatic heterocycles. The van der Waals surface area contributed by atoms with Crippen molar-refractivity contribution in [1.29, 1.82) is 0 Å². The molecule has 0 unspecified atom stereocenters. The summed E-state index contributed by atoms with van der Waals surface area (Å²) in [4.78, 5) is 2.33. The van der Waals surface area contributed by atoms with E-state index in [1.807, 2.05) is 6.07 Å². The van der Waals surface area contributed by atoms with Gasteiger partial charge >= 0.3 is 0 Å². The van der Waals surface area contributed by atoms with Crippen LogP contribution in [0.3, 0.4) is 0 Å². The molecule has 0 saturated heterocycles. The Morgan fingerprint density at radius 3 is 2.61 bits per heavy atom. The molecular formula is C17H17N. The van der Waals surface area contributed by atoms with Crippen molar-refractivity contribution in [3.63, 3.8) is 0 Å². The molecule has 1 aliphatic rings. The molecule has 0 aliphatic carbocycles. The predicted octanol–water partition coefficient (Wildman–Crippen LogP) is 3.85. The maximum Gasteiger partial charge on any atom is 0.0402 e. The van der Waals surface area contributed by atoms with Crippen molar-refractivity contribution in [3.8, 4) is 0 Å². The molecule has 0 amide bonds. The minimum Gasteiger partial charge on any atom is -0.374 e. The summed E-state index contributed by atoms with van der Waals surface area (Å²) in [5.41, 5.74) is 5.46. The average molecular weight is 235 g/mol. The predicted molar refractivity (Wildman–Crippen MR) is 78.8 cm³/mol. The van der Waals surface area contributed by atoms with Crippen LogP contribution in [0.2, 0.25) is 0 Å². The van der Waals surface area contributed by atoms with Crippen molar-refractivity contribution in [2.24, 2.45) is 0 Å². The summed E-state index contributed by atoms with van der Waals surface area (Å²) in [7, 11) is 2.16. The smallest absolute Gasteiger partial charge is 0.0402 e. The molecule has 2 aromatic rings. The molecule has 0 saturated carbocycles. The minimum absolute atomic E-state index is 1.13. The van der Waals surface area contributed by atoms with Crippen molar-refractivity contribution in [2.75, 3.05) is 18.5 Å².